The number of ether oxygens (including phenoxy) is 1. The number of carbonyl (C=O) groups is 2. The molecule has 1 heterocycles. The minimum Gasteiger partial charge on any atom is -0.494 e. The van der Waals surface area contributed by atoms with Crippen molar-refractivity contribution in [2.24, 2.45) is 0 Å². The molecule has 1 aromatic carbocycles. The van der Waals surface area contributed by atoms with E-state index in [4.69, 9.17) is 4.74 Å². The molecule has 0 spiro atoms. The minimum absolute atomic E-state index is 0.209. The number of carbonyl (C=O) groups excluding carboxylic acids is 2. The first-order valence-corrected chi connectivity index (χ1v) is 5.99. The number of anilines is 1. The number of imide groups is 1. The molecule has 5 heteroatoms. The molecule has 1 saturated heterocycles. The van der Waals surface area contributed by atoms with E-state index in [2.05, 4.69) is 5.32 Å². The SMILES string of the molecule is CCCOc1ccc(N2CC(=O)NC(=O)C2)cc1. The molecule has 1 N–H and O–H groups in total. The molecule has 1 aliphatic heterocycles. The molecule has 0 saturated carbocycles. The third kappa shape index (κ3) is 3.00. The van der Waals surface area contributed by atoms with Crippen molar-refractivity contribution in [2.45, 2.75) is 13.3 Å². The topological polar surface area (TPSA) is 58.6 Å². The van der Waals surface area contributed by atoms with Crippen LogP contribution in [0.1, 0.15) is 13.3 Å². The van der Waals surface area contributed by atoms with Crippen molar-refractivity contribution in [3.05, 3.63) is 24.3 Å². The van der Waals surface area contributed by atoms with Crippen molar-refractivity contribution in [1.29, 1.82) is 0 Å². The van der Waals surface area contributed by atoms with E-state index >= 15 is 0 Å². The van der Waals surface area contributed by atoms with Crippen molar-refractivity contribution in [3.63, 3.8) is 0 Å². The minimum atomic E-state index is -0.266. The van der Waals surface area contributed by atoms with Crippen molar-refractivity contribution < 1.29 is 14.3 Å². The van der Waals surface area contributed by atoms with Crippen LogP contribution in [0, 0.1) is 0 Å². The Hall–Kier alpha value is -2.04. The van der Waals surface area contributed by atoms with Crippen LogP contribution < -0.4 is 15.0 Å². The summed E-state index contributed by atoms with van der Waals surface area (Å²) in [7, 11) is 0. The molecule has 18 heavy (non-hydrogen) atoms. The second-order valence-electron chi connectivity index (χ2n) is 4.17. The van der Waals surface area contributed by atoms with Crippen molar-refractivity contribution in [3.8, 4) is 5.75 Å². The van der Waals surface area contributed by atoms with Crippen LogP contribution in [0.3, 0.4) is 0 Å². The number of amides is 2. The Labute approximate surface area is 106 Å². The first-order chi connectivity index (χ1) is 8.69. The van der Waals surface area contributed by atoms with E-state index in [1.54, 1.807) is 4.90 Å². The first kappa shape index (κ1) is 12.4. The predicted molar refractivity (Wildman–Crippen MR) is 67.6 cm³/mol. The number of hydrogen-bond donors (Lipinski definition) is 1. The number of piperazine rings is 1. The van der Waals surface area contributed by atoms with Gasteiger partial charge in [0.2, 0.25) is 11.8 Å². The molecule has 96 valence electrons. The molecule has 0 aliphatic carbocycles. The van der Waals surface area contributed by atoms with Crippen LogP contribution in [-0.2, 0) is 9.59 Å². The Morgan fingerprint density at radius 2 is 1.78 bits per heavy atom. The van der Waals surface area contributed by atoms with Gasteiger partial charge in [-0.05, 0) is 30.7 Å². The Balaban J connectivity index is 2.04. The highest BCUT2D eigenvalue weighted by Gasteiger charge is 2.22. The second-order valence-corrected chi connectivity index (χ2v) is 4.17. The van der Waals surface area contributed by atoms with Gasteiger partial charge in [0.25, 0.3) is 0 Å². The summed E-state index contributed by atoms with van der Waals surface area (Å²) in [5.74, 6) is 0.267. The van der Waals surface area contributed by atoms with Crippen molar-refractivity contribution in [2.75, 3.05) is 24.6 Å². The van der Waals surface area contributed by atoms with Gasteiger partial charge in [-0.1, -0.05) is 6.92 Å². The summed E-state index contributed by atoms with van der Waals surface area (Å²) in [4.78, 5) is 24.3. The highest BCUT2D eigenvalue weighted by molar-refractivity contribution is 6.02. The maximum atomic E-state index is 11.3. The van der Waals surface area contributed by atoms with Gasteiger partial charge in [0.05, 0.1) is 19.7 Å². The fourth-order valence-electron chi connectivity index (χ4n) is 1.79. The molecule has 0 unspecified atom stereocenters. The van der Waals surface area contributed by atoms with Crippen LogP contribution >= 0.6 is 0 Å². The van der Waals surface area contributed by atoms with Crippen LogP contribution in [0.4, 0.5) is 5.69 Å². The maximum absolute atomic E-state index is 11.3. The highest BCUT2D eigenvalue weighted by Crippen LogP contribution is 2.20. The van der Waals surface area contributed by atoms with E-state index in [0.717, 1.165) is 17.9 Å². The quantitative estimate of drug-likeness (QED) is 0.806. The van der Waals surface area contributed by atoms with E-state index in [0.29, 0.717) is 6.61 Å². The van der Waals surface area contributed by atoms with Gasteiger partial charge in [-0.3, -0.25) is 14.9 Å². The van der Waals surface area contributed by atoms with Gasteiger partial charge in [-0.15, -0.1) is 0 Å². The molecule has 0 bridgehead atoms. The zero-order chi connectivity index (χ0) is 13.0. The molecule has 1 aromatic rings. The summed E-state index contributed by atoms with van der Waals surface area (Å²) in [5.41, 5.74) is 0.849. The number of nitrogens with one attached hydrogen (secondary N) is 1. The standard InChI is InChI=1S/C13H16N2O3/c1-2-7-18-11-5-3-10(4-6-11)15-8-12(16)14-13(17)9-15/h3-6H,2,7-9H2,1H3,(H,14,16,17). The number of hydrogen-bond acceptors (Lipinski definition) is 4. The summed E-state index contributed by atoms with van der Waals surface area (Å²) in [5, 5.41) is 2.27. The van der Waals surface area contributed by atoms with Gasteiger partial charge >= 0.3 is 0 Å². The van der Waals surface area contributed by atoms with Crippen LogP contribution in [0.25, 0.3) is 0 Å². The van der Waals surface area contributed by atoms with Gasteiger partial charge in [0, 0.05) is 5.69 Å². The molecule has 0 atom stereocenters. The normalized spacial score (nSPS) is 15.5. The lowest BCUT2D eigenvalue weighted by atomic mass is 10.2. The Morgan fingerprint density at radius 1 is 1.17 bits per heavy atom. The molecule has 5 nitrogen and oxygen atoms in total. The van der Waals surface area contributed by atoms with Gasteiger partial charge in [-0.25, -0.2) is 0 Å². The van der Waals surface area contributed by atoms with Crippen LogP contribution in [0.2, 0.25) is 0 Å². The summed E-state index contributed by atoms with van der Waals surface area (Å²) in [6.07, 6.45) is 0.961. The molecular formula is C13H16N2O3. The molecule has 2 rings (SSSR count). The summed E-state index contributed by atoms with van der Waals surface area (Å²) in [6, 6.07) is 7.41. The van der Waals surface area contributed by atoms with E-state index in [-0.39, 0.29) is 24.9 Å². The van der Waals surface area contributed by atoms with Crippen LogP contribution in [0.5, 0.6) is 5.75 Å². The molecule has 1 fully saturated rings. The smallest absolute Gasteiger partial charge is 0.246 e. The summed E-state index contributed by atoms with van der Waals surface area (Å²) < 4.78 is 5.47. The van der Waals surface area contributed by atoms with Crippen LogP contribution in [-0.4, -0.2) is 31.5 Å². The zero-order valence-electron chi connectivity index (χ0n) is 10.3. The molecular weight excluding hydrogens is 232 g/mol. The van der Waals surface area contributed by atoms with E-state index < -0.39 is 0 Å². The fraction of sp³-hybridized carbons (Fsp3) is 0.385. The summed E-state index contributed by atoms with van der Waals surface area (Å²) in [6.45, 7) is 3.15. The van der Waals surface area contributed by atoms with Gasteiger partial charge < -0.3 is 9.64 Å². The Morgan fingerprint density at radius 3 is 2.33 bits per heavy atom. The third-order valence-electron chi connectivity index (χ3n) is 2.62. The monoisotopic (exact) mass is 248 g/mol. The molecule has 1 aliphatic rings. The average Bonchev–Trinajstić information content (AvgIpc) is 2.36. The maximum Gasteiger partial charge on any atom is 0.246 e. The largest absolute Gasteiger partial charge is 0.494 e. The fourth-order valence-corrected chi connectivity index (χ4v) is 1.79. The molecule has 0 radical (unpaired) electrons. The Kier molecular flexibility index (Phi) is 3.82. The number of nitrogens with zero attached hydrogens (tertiary/aromatic N) is 1. The van der Waals surface area contributed by atoms with E-state index in [9.17, 15) is 9.59 Å². The molecule has 0 aromatic heterocycles. The number of rotatable bonds is 4. The van der Waals surface area contributed by atoms with Gasteiger partial charge in [0.15, 0.2) is 0 Å². The molecule has 2 amide bonds. The van der Waals surface area contributed by atoms with Crippen LogP contribution in [0.15, 0.2) is 24.3 Å². The van der Waals surface area contributed by atoms with Crippen molar-refractivity contribution >= 4 is 17.5 Å². The van der Waals surface area contributed by atoms with E-state index in [1.165, 1.54) is 0 Å². The first-order valence-electron chi connectivity index (χ1n) is 5.99. The third-order valence-corrected chi connectivity index (χ3v) is 2.62. The van der Waals surface area contributed by atoms with E-state index in [1.807, 2.05) is 31.2 Å². The highest BCUT2D eigenvalue weighted by atomic mass is 16.5. The predicted octanol–water partition coefficient (Wildman–Crippen LogP) is 0.938. The zero-order valence-corrected chi connectivity index (χ0v) is 10.3. The summed E-state index contributed by atoms with van der Waals surface area (Å²) >= 11 is 0. The average molecular weight is 248 g/mol. The Bertz CT molecular complexity index is 426. The number of benzene rings is 1. The van der Waals surface area contributed by atoms with Gasteiger partial charge in [-0.2, -0.15) is 0 Å². The lowest BCUT2D eigenvalue weighted by Gasteiger charge is -2.27. The second kappa shape index (κ2) is 5.53. The van der Waals surface area contributed by atoms with Gasteiger partial charge in [0.1, 0.15) is 5.75 Å². The lowest BCUT2D eigenvalue weighted by Crippen LogP contribution is -2.51. The van der Waals surface area contributed by atoms with Crippen molar-refractivity contribution in [1.82, 2.24) is 5.32 Å². The lowest BCUT2D eigenvalue weighted by molar-refractivity contribution is -0.130.